The van der Waals surface area contributed by atoms with E-state index in [4.69, 9.17) is 9.47 Å². The van der Waals surface area contributed by atoms with Gasteiger partial charge in [-0.1, -0.05) is 37.6 Å². The van der Waals surface area contributed by atoms with Crippen molar-refractivity contribution >= 4 is 11.4 Å². The molecule has 0 bridgehead atoms. The fourth-order valence-electron chi connectivity index (χ4n) is 2.91. The van der Waals surface area contributed by atoms with Crippen LogP contribution in [0, 0.1) is 19.3 Å². The molecule has 3 nitrogen and oxygen atoms in total. The van der Waals surface area contributed by atoms with E-state index in [2.05, 4.69) is 26.8 Å². The minimum absolute atomic E-state index is 0.0672. The highest BCUT2D eigenvalue weighted by atomic mass is 16.7. The molecule has 3 heteroatoms. The van der Waals surface area contributed by atoms with Gasteiger partial charge in [-0.2, -0.15) is 0 Å². The zero-order valence-electron chi connectivity index (χ0n) is 13.6. The van der Waals surface area contributed by atoms with Crippen molar-refractivity contribution in [3.63, 3.8) is 0 Å². The van der Waals surface area contributed by atoms with Crippen molar-refractivity contribution in [3.8, 4) is 0 Å². The lowest BCUT2D eigenvalue weighted by Gasteiger charge is -2.32. The summed E-state index contributed by atoms with van der Waals surface area (Å²) >= 11 is 0. The van der Waals surface area contributed by atoms with Crippen molar-refractivity contribution in [1.82, 2.24) is 0 Å². The first-order chi connectivity index (χ1) is 9.84. The molecule has 0 aliphatic heterocycles. The van der Waals surface area contributed by atoms with Crippen molar-refractivity contribution in [2.24, 2.45) is 5.41 Å². The number of methoxy groups -OCH3 is 1. The summed E-state index contributed by atoms with van der Waals surface area (Å²) in [6.45, 7) is 8.46. The molecule has 114 valence electrons. The van der Waals surface area contributed by atoms with Gasteiger partial charge in [-0.25, -0.2) is 0 Å². The first-order valence-electron chi connectivity index (χ1n) is 7.30. The summed E-state index contributed by atoms with van der Waals surface area (Å²) in [6.07, 6.45) is 1.31. The van der Waals surface area contributed by atoms with Gasteiger partial charge in [0, 0.05) is 20.0 Å². The number of Topliss-reactive ketones (excluding diaryl/α,β-unsaturated/α-hetero) is 1. The number of benzene rings is 1. The highest BCUT2D eigenvalue weighted by Crippen LogP contribution is 2.41. The standard InChI is InChI=1S/C18H24O3/c1-12-6-7-14(13(2)8-12)17-15(19)9-18(3,4)10-16(17)21-11-20-5/h6-8H,9-11H2,1-5H3. The summed E-state index contributed by atoms with van der Waals surface area (Å²) in [7, 11) is 1.59. The topological polar surface area (TPSA) is 35.5 Å². The lowest BCUT2D eigenvalue weighted by atomic mass is 9.74. The molecule has 2 rings (SSSR count). The molecule has 0 saturated heterocycles. The van der Waals surface area contributed by atoms with E-state index in [1.54, 1.807) is 7.11 Å². The highest BCUT2D eigenvalue weighted by Gasteiger charge is 2.35. The van der Waals surface area contributed by atoms with Gasteiger partial charge < -0.3 is 9.47 Å². The van der Waals surface area contributed by atoms with Gasteiger partial charge in [-0.3, -0.25) is 4.79 Å². The van der Waals surface area contributed by atoms with Crippen LogP contribution in [0.2, 0.25) is 0 Å². The molecule has 1 aliphatic rings. The number of carbonyl (C=O) groups is 1. The molecule has 0 atom stereocenters. The SMILES string of the molecule is COCOC1=C(c2ccc(C)cc2C)C(=O)CC(C)(C)C1. The van der Waals surface area contributed by atoms with Crippen LogP contribution in [0.1, 0.15) is 43.4 Å². The number of ketones is 1. The summed E-state index contributed by atoms with van der Waals surface area (Å²) in [6, 6.07) is 6.16. The van der Waals surface area contributed by atoms with E-state index in [-0.39, 0.29) is 18.0 Å². The third-order valence-electron chi connectivity index (χ3n) is 3.84. The predicted octanol–water partition coefficient (Wildman–Crippen LogP) is 4.02. The third kappa shape index (κ3) is 3.53. The van der Waals surface area contributed by atoms with Crippen LogP contribution in [-0.4, -0.2) is 19.7 Å². The first-order valence-corrected chi connectivity index (χ1v) is 7.30. The molecule has 0 unspecified atom stereocenters. The Morgan fingerprint density at radius 3 is 2.52 bits per heavy atom. The Morgan fingerprint density at radius 2 is 1.90 bits per heavy atom. The van der Waals surface area contributed by atoms with Gasteiger partial charge in [0.25, 0.3) is 0 Å². The highest BCUT2D eigenvalue weighted by molar-refractivity contribution is 6.22. The van der Waals surface area contributed by atoms with Crippen LogP contribution in [0.4, 0.5) is 0 Å². The predicted molar refractivity (Wildman–Crippen MR) is 83.8 cm³/mol. The van der Waals surface area contributed by atoms with Crippen molar-refractivity contribution in [2.75, 3.05) is 13.9 Å². The van der Waals surface area contributed by atoms with E-state index in [1.807, 2.05) is 19.1 Å². The van der Waals surface area contributed by atoms with E-state index in [9.17, 15) is 4.79 Å². The van der Waals surface area contributed by atoms with E-state index in [0.717, 1.165) is 28.9 Å². The van der Waals surface area contributed by atoms with Crippen molar-refractivity contribution < 1.29 is 14.3 Å². The van der Waals surface area contributed by atoms with Crippen LogP contribution in [-0.2, 0) is 14.3 Å². The van der Waals surface area contributed by atoms with E-state index >= 15 is 0 Å². The minimum atomic E-state index is -0.0672. The Labute approximate surface area is 127 Å². The van der Waals surface area contributed by atoms with Crippen molar-refractivity contribution in [3.05, 3.63) is 40.6 Å². The van der Waals surface area contributed by atoms with Crippen LogP contribution in [0.25, 0.3) is 5.57 Å². The molecule has 0 saturated carbocycles. The maximum atomic E-state index is 12.6. The zero-order valence-corrected chi connectivity index (χ0v) is 13.6. The molecule has 1 aromatic rings. The lowest BCUT2D eigenvalue weighted by molar-refractivity contribution is -0.116. The van der Waals surface area contributed by atoms with Crippen LogP contribution < -0.4 is 0 Å². The van der Waals surface area contributed by atoms with Gasteiger partial charge in [-0.15, -0.1) is 0 Å². The van der Waals surface area contributed by atoms with E-state index in [0.29, 0.717) is 6.42 Å². The number of carbonyl (C=O) groups excluding carboxylic acids is 1. The van der Waals surface area contributed by atoms with Gasteiger partial charge in [0.05, 0.1) is 5.57 Å². The third-order valence-corrected chi connectivity index (χ3v) is 3.84. The summed E-state index contributed by atoms with van der Waals surface area (Å²) in [5.74, 6) is 0.911. The number of hydrogen-bond donors (Lipinski definition) is 0. The fraction of sp³-hybridized carbons (Fsp3) is 0.500. The van der Waals surface area contributed by atoms with Gasteiger partial charge in [0.1, 0.15) is 5.76 Å². The number of rotatable bonds is 4. The van der Waals surface area contributed by atoms with E-state index < -0.39 is 0 Å². The molecule has 0 N–H and O–H groups in total. The molecule has 0 radical (unpaired) electrons. The Hall–Kier alpha value is -1.61. The Balaban J connectivity index is 2.52. The molecule has 21 heavy (non-hydrogen) atoms. The average molecular weight is 288 g/mol. The van der Waals surface area contributed by atoms with Crippen LogP contribution in [0.5, 0.6) is 0 Å². The Morgan fingerprint density at radius 1 is 1.19 bits per heavy atom. The average Bonchev–Trinajstić information content (AvgIpc) is 2.36. The van der Waals surface area contributed by atoms with Crippen LogP contribution >= 0.6 is 0 Å². The number of allylic oxidation sites excluding steroid dienone is 2. The Bertz CT molecular complexity index is 582. The molecule has 0 amide bonds. The number of hydrogen-bond acceptors (Lipinski definition) is 3. The van der Waals surface area contributed by atoms with Gasteiger partial charge in [0.2, 0.25) is 0 Å². The van der Waals surface area contributed by atoms with Crippen LogP contribution in [0.15, 0.2) is 24.0 Å². The summed E-state index contributed by atoms with van der Waals surface area (Å²) in [5, 5.41) is 0. The second kappa shape index (κ2) is 6.02. The van der Waals surface area contributed by atoms with Gasteiger partial charge in [0.15, 0.2) is 12.6 Å². The summed E-state index contributed by atoms with van der Waals surface area (Å²) in [5.41, 5.74) is 3.94. The van der Waals surface area contributed by atoms with Crippen LogP contribution in [0.3, 0.4) is 0 Å². The molecule has 1 aromatic carbocycles. The molecular formula is C18H24O3. The molecule has 0 spiro atoms. The number of ether oxygens (including phenoxy) is 2. The molecule has 0 heterocycles. The quantitative estimate of drug-likeness (QED) is 0.785. The second-order valence-corrected chi connectivity index (χ2v) is 6.61. The Kier molecular flexibility index (Phi) is 4.52. The minimum Gasteiger partial charge on any atom is -0.471 e. The molecule has 1 aliphatic carbocycles. The fourth-order valence-corrected chi connectivity index (χ4v) is 2.91. The van der Waals surface area contributed by atoms with E-state index in [1.165, 1.54) is 5.56 Å². The summed E-state index contributed by atoms with van der Waals surface area (Å²) < 4.78 is 10.7. The van der Waals surface area contributed by atoms with Crippen molar-refractivity contribution in [2.45, 2.75) is 40.5 Å². The monoisotopic (exact) mass is 288 g/mol. The molecule has 0 aromatic heterocycles. The largest absolute Gasteiger partial charge is 0.471 e. The molecular weight excluding hydrogens is 264 g/mol. The smallest absolute Gasteiger partial charge is 0.188 e. The maximum absolute atomic E-state index is 12.6. The van der Waals surface area contributed by atoms with Gasteiger partial charge in [-0.05, 0) is 30.4 Å². The number of aryl methyl sites for hydroxylation is 2. The first kappa shape index (κ1) is 15.8. The second-order valence-electron chi connectivity index (χ2n) is 6.61. The summed E-state index contributed by atoms with van der Waals surface area (Å²) in [4.78, 5) is 12.6. The van der Waals surface area contributed by atoms with Crippen molar-refractivity contribution in [1.29, 1.82) is 0 Å². The lowest BCUT2D eigenvalue weighted by Crippen LogP contribution is -2.26. The van der Waals surface area contributed by atoms with Gasteiger partial charge >= 0.3 is 0 Å². The maximum Gasteiger partial charge on any atom is 0.188 e. The zero-order chi connectivity index (χ0) is 15.6. The molecule has 0 fully saturated rings. The normalized spacial score (nSPS) is 18.0.